The Morgan fingerprint density at radius 1 is 1.00 bits per heavy atom. The molecule has 0 aromatic heterocycles. The van der Waals surface area contributed by atoms with Gasteiger partial charge in [0.05, 0.1) is 31.4 Å². The van der Waals surface area contributed by atoms with Crippen LogP contribution in [0.5, 0.6) is 11.5 Å². The molecule has 126 valence electrons. The van der Waals surface area contributed by atoms with Gasteiger partial charge >= 0.3 is 0 Å². The molecule has 0 radical (unpaired) electrons. The molecule has 0 heterocycles. The summed E-state index contributed by atoms with van der Waals surface area (Å²) in [6.45, 7) is 0. The van der Waals surface area contributed by atoms with Crippen molar-refractivity contribution in [1.82, 2.24) is 0 Å². The van der Waals surface area contributed by atoms with Gasteiger partial charge in [-0.05, 0) is 18.2 Å². The first-order chi connectivity index (χ1) is 11.4. The van der Waals surface area contributed by atoms with Crippen LogP contribution in [0, 0.1) is 11.6 Å². The molecule has 8 heteroatoms. The molecule has 0 spiro atoms. The number of carboxylic acid groups (broad SMARTS) is 1. The summed E-state index contributed by atoms with van der Waals surface area (Å²) in [4.78, 5) is 23.4. The second kappa shape index (κ2) is 6.95. The first-order valence-electron chi connectivity index (χ1n) is 6.61. The lowest BCUT2D eigenvalue weighted by molar-refractivity contribution is -0.254. The number of carbonyl (C=O) groups is 2. The number of hydrogen-bond donors (Lipinski definition) is 1. The smallest absolute Gasteiger partial charge is 0.258 e. The third kappa shape index (κ3) is 3.43. The molecule has 0 bridgehead atoms. The topological polar surface area (TPSA) is 87.7 Å². The van der Waals surface area contributed by atoms with E-state index in [1.54, 1.807) is 0 Å². The van der Waals surface area contributed by atoms with Gasteiger partial charge in [-0.15, -0.1) is 0 Å². The van der Waals surface area contributed by atoms with Crippen molar-refractivity contribution in [3.8, 4) is 11.5 Å². The summed E-state index contributed by atoms with van der Waals surface area (Å²) in [7, 11) is 2.63. The lowest BCUT2D eigenvalue weighted by Crippen LogP contribution is -2.25. The molecule has 2 aromatic rings. The molecule has 2 rings (SSSR count). The van der Waals surface area contributed by atoms with Crippen LogP contribution in [-0.2, 0) is 0 Å². The molecular weight excluding hydrogens is 324 g/mol. The van der Waals surface area contributed by atoms with Gasteiger partial charge in [-0.25, -0.2) is 8.78 Å². The van der Waals surface area contributed by atoms with Crippen LogP contribution in [0.25, 0.3) is 0 Å². The number of methoxy groups -OCH3 is 2. The molecule has 0 aliphatic carbocycles. The number of hydrogen-bond acceptors (Lipinski definition) is 5. The minimum Gasteiger partial charge on any atom is -0.545 e. The number of carboxylic acids is 1. The van der Waals surface area contributed by atoms with Crippen LogP contribution >= 0.6 is 0 Å². The molecule has 0 unspecified atom stereocenters. The molecule has 1 amide bonds. The van der Waals surface area contributed by atoms with Crippen LogP contribution < -0.4 is 19.9 Å². The molecule has 0 fully saturated rings. The van der Waals surface area contributed by atoms with Crippen LogP contribution in [0.4, 0.5) is 14.5 Å². The zero-order valence-electron chi connectivity index (χ0n) is 12.7. The van der Waals surface area contributed by atoms with Crippen molar-refractivity contribution in [2.45, 2.75) is 0 Å². The van der Waals surface area contributed by atoms with E-state index in [-0.39, 0.29) is 22.7 Å². The summed E-state index contributed by atoms with van der Waals surface area (Å²) in [6, 6.07) is 4.70. The number of ether oxygens (including phenoxy) is 2. The zero-order valence-corrected chi connectivity index (χ0v) is 12.7. The Morgan fingerprint density at radius 3 is 2.17 bits per heavy atom. The van der Waals surface area contributed by atoms with E-state index < -0.39 is 29.1 Å². The summed E-state index contributed by atoms with van der Waals surface area (Å²) < 4.78 is 36.6. The van der Waals surface area contributed by atoms with Crippen LogP contribution in [-0.4, -0.2) is 26.1 Å². The third-order valence-corrected chi connectivity index (χ3v) is 3.17. The highest BCUT2D eigenvalue weighted by molar-refractivity contribution is 6.08. The van der Waals surface area contributed by atoms with Gasteiger partial charge in [-0.3, -0.25) is 4.79 Å². The van der Waals surface area contributed by atoms with Gasteiger partial charge in [-0.2, -0.15) is 0 Å². The van der Waals surface area contributed by atoms with Crippen molar-refractivity contribution >= 4 is 17.6 Å². The number of rotatable bonds is 5. The van der Waals surface area contributed by atoms with Gasteiger partial charge in [-0.1, -0.05) is 0 Å². The monoisotopic (exact) mass is 336 g/mol. The van der Waals surface area contributed by atoms with Gasteiger partial charge in [0, 0.05) is 17.7 Å². The van der Waals surface area contributed by atoms with Crippen LogP contribution in [0.15, 0.2) is 30.3 Å². The van der Waals surface area contributed by atoms with Crippen molar-refractivity contribution in [2.24, 2.45) is 0 Å². The Balaban J connectivity index is 2.44. The molecule has 2 aromatic carbocycles. The molecular formula is C16H12F2NO5-. The van der Waals surface area contributed by atoms with Crippen molar-refractivity contribution in [1.29, 1.82) is 0 Å². The standard InChI is InChI=1S/C16H13F2NO5/c1-23-13-6-10(16(21)22)12(7-14(13)24-2)19-15(20)9-4-3-8(17)5-11(9)18/h3-7H,1-2H3,(H,19,20)(H,21,22)/p-1. The average molecular weight is 336 g/mol. The van der Waals surface area contributed by atoms with Crippen molar-refractivity contribution in [3.63, 3.8) is 0 Å². The molecule has 24 heavy (non-hydrogen) atoms. The van der Waals surface area contributed by atoms with E-state index in [1.807, 2.05) is 0 Å². The van der Waals surface area contributed by atoms with Crippen molar-refractivity contribution in [2.75, 3.05) is 19.5 Å². The van der Waals surface area contributed by atoms with Gasteiger partial charge in [0.2, 0.25) is 0 Å². The first kappa shape index (κ1) is 17.2. The Kier molecular flexibility index (Phi) is 4.98. The van der Waals surface area contributed by atoms with Gasteiger partial charge in [0.25, 0.3) is 5.91 Å². The number of carbonyl (C=O) groups excluding carboxylic acids is 2. The number of anilines is 1. The quantitative estimate of drug-likeness (QED) is 0.896. The van der Waals surface area contributed by atoms with Crippen LogP contribution in [0.1, 0.15) is 20.7 Å². The van der Waals surface area contributed by atoms with Crippen molar-refractivity contribution in [3.05, 3.63) is 53.1 Å². The second-order valence-electron chi connectivity index (χ2n) is 4.62. The maximum Gasteiger partial charge on any atom is 0.258 e. The normalized spacial score (nSPS) is 10.2. The fourth-order valence-electron chi connectivity index (χ4n) is 2.01. The third-order valence-electron chi connectivity index (χ3n) is 3.17. The Morgan fingerprint density at radius 2 is 1.62 bits per heavy atom. The molecule has 0 atom stereocenters. The van der Waals surface area contributed by atoms with E-state index in [9.17, 15) is 23.5 Å². The van der Waals surface area contributed by atoms with E-state index in [0.717, 1.165) is 18.2 Å². The fourth-order valence-corrected chi connectivity index (χ4v) is 2.01. The predicted molar refractivity (Wildman–Crippen MR) is 78.2 cm³/mol. The van der Waals surface area contributed by atoms with E-state index in [4.69, 9.17) is 9.47 Å². The van der Waals surface area contributed by atoms with Gasteiger partial charge < -0.3 is 24.7 Å². The summed E-state index contributed by atoms with van der Waals surface area (Å²) >= 11 is 0. The van der Waals surface area contributed by atoms with E-state index >= 15 is 0 Å². The zero-order chi connectivity index (χ0) is 17.9. The highest BCUT2D eigenvalue weighted by Crippen LogP contribution is 2.33. The molecule has 0 saturated carbocycles. The SMILES string of the molecule is COc1cc(NC(=O)c2ccc(F)cc2F)c(C(=O)[O-])cc1OC. The summed E-state index contributed by atoms with van der Waals surface area (Å²) in [5.41, 5.74) is -1.01. The van der Waals surface area contributed by atoms with Crippen LogP contribution in [0.2, 0.25) is 0 Å². The largest absolute Gasteiger partial charge is 0.545 e. The second-order valence-corrected chi connectivity index (χ2v) is 4.62. The minimum absolute atomic E-state index is 0.114. The van der Waals surface area contributed by atoms with Gasteiger partial charge in [0.15, 0.2) is 11.5 Å². The maximum absolute atomic E-state index is 13.7. The van der Waals surface area contributed by atoms with E-state index in [1.165, 1.54) is 20.3 Å². The van der Waals surface area contributed by atoms with E-state index in [0.29, 0.717) is 6.07 Å². The summed E-state index contributed by atoms with van der Waals surface area (Å²) in [6.07, 6.45) is 0. The number of nitrogens with one attached hydrogen (secondary N) is 1. The number of aromatic carboxylic acids is 1. The number of benzene rings is 2. The lowest BCUT2D eigenvalue weighted by atomic mass is 10.1. The molecule has 6 nitrogen and oxygen atoms in total. The number of amides is 1. The lowest BCUT2D eigenvalue weighted by Gasteiger charge is -2.16. The Labute approximate surface area is 135 Å². The highest BCUT2D eigenvalue weighted by Gasteiger charge is 2.17. The Hall–Kier alpha value is -3.16. The maximum atomic E-state index is 13.7. The summed E-state index contributed by atoms with van der Waals surface area (Å²) in [5, 5.41) is 13.5. The fraction of sp³-hybridized carbons (Fsp3) is 0.125. The average Bonchev–Trinajstić information content (AvgIpc) is 2.53. The Bertz CT molecular complexity index is 807. The highest BCUT2D eigenvalue weighted by atomic mass is 19.1. The molecule has 0 aliphatic rings. The van der Waals surface area contributed by atoms with Crippen molar-refractivity contribution < 1.29 is 33.0 Å². The predicted octanol–water partition coefficient (Wildman–Crippen LogP) is 1.60. The first-order valence-corrected chi connectivity index (χ1v) is 6.61. The van der Waals surface area contributed by atoms with E-state index in [2.05, 4.69) is 5.32 Å². The number of halogens is 2. The molecule has 1 N–H and O–H groups in total. The molecule has 0 aliphatic heterocycles. The minimum atomic E-state index is -1.58. The summed E-state index contributed by atoms with van der Waals surface area (Å²) in [5.74, 6) is -4.19. The van der Waals surface area contributed by atoms with Crippen LogP contribution in [0.3, 0.4) is 0 Å². The van der Waals surface area contributed by atoms with Gasteiger partial charge in [0.1, 0.15) is 11.6 Å². The molecule has 0 saturated heterocycles.